The molecule has 0 spiro atoms. The van der Waals surface area contributed by atoms with Gasteiger partial charge in [0, 0.05) is 12.1 Å². The average Bonchev–Trinajstić information content (AvgIpc) is 2.94. The molecule has 0 heterocycles. The van der Waals surface area contributed by atoms with E-state index in [-0.39, 0.29) is 0 Å². The van der Waals surface area contributed by atoms with Crippen LogP contribution in [0.3, 0.4) is 0 Å². The first-order chi connectivity index (χ1) is 18.0. The quantitative estimate of drug-likeness (QED) is 0.221. The maximum absolute atomic E-state index is 7.36. The van der Waals surface area contributed by atoms with Gasteiger partial charge in [-0.1, -0.05) is 121 Å². The third kappa shape index (κ3) is 5.78. The van der Waals surface area contributed by atoms with Crippen LogP contribution in [0.4, 0.5) is 0 Å². The highest BCUT2D eigenvalue weighted by Gasteiger charge is 2.50. The molecule has 184 valence electrons. The molecule has 0 aliphatic heterocycles. The van der Waals surface area contributed by atoms with Gasteiger partial charge in [-0.25, -0.2) is 0 Å². The van der Waals surface area contributed by atoms with Crippen molar-refractivity contribution in [3.05, 3.63) is 121 Å². The lowest BCUT2D eigenvalue weighted by molar-refractivity contribution is 0.403. The average molecular weight is 533 g/mol. The number of rotatable bonds is 10. The van der Waals surface area contributed by atoms with Crippen molar-refractivity contribution in [2.75, 3.05) is 0 Å². The molecule has 4 aromatic rings. The summed E-state index contributed by atoms with van der Waals surface area (Å²) in [7, 11) is -8.52. The van der Waals surface area contributed by atoms with Gasteiger partial charge < -0.3 is 8.23 Å². The first-order valence-electron chi connectivity index (χ1n) is 12.5. The van der Waals surface area contributed by atoms with Crippen LogP contribution >= 0.6 is 0 Å². The van der Waals surface area contributed by atoms with Gasteiger partial charge in [0.05, 0.1) is 0 Å². The van der Waals surface area contributed by atoms with Crippen molar-refractivity contribution in [1.29, 1.82) is 0 Å². The second-order valence-electron chi connectivity index (χ2n) is 9.48. The molecule has 0 saturated carbocycles. The van der Waals surface area contributed by atoms with Gasteiger partial charge in [0.2, 0.25) is 0 Å². The smallest absolute Gasteiger partial charge is 0.312 e. The molecule has 37 heavy (non-hydrogen) atoms. The van der Waals surface area contributed by atoms with Crippen molar-refractivity contribution in [2.45, 2.75) is 25.2 Å². The summed E-state index contributed by atoms with van der Waals surface area (Å²) in [4.78, 5) is 0. The fourth-order valence-corrected chi connectivity index (χ4v) is 19.7. The van der Waals surface area contributed by atoms with E-state index in [1.165, 1.54) is 0 Å². The van der Waals surface area contributed by atoms with Gasteiger partial charge in [-0.3, -0.25) is 0 Å². The Morgan fingerprint density at radius 2 is 0.730 bits per heavy atom. The van der Waals surface area contributed by atoms with E-state index in [2.05, 4.69) is 122 Å². The standard InChI is InChI=1S/C32H32O2Si3/c1-5-27-36(29-19-11-7-12-20-29,30-21-13-8-14-22-30)33-35(3,4)34-37(28-6-2,31-23-15-9-16-24-31)32-25-17-10-18-26-32/h1-2,7-26H,27-28H2,3-4H3. The second kappa shape index (κ2) is 11.7. The van der Waals surface area contributed by atoms with E-state index in [1.807, 2.05) is 24.3 Å². The van der Waals surface area contributed by atoms with Gasteiger partial charge in [0.15, 0.2) is 0 Å². The van der Waals surface area contributed by atoms with E-state index >= 15 is 0 Å². The van der Waals surface area contributed by atoms with Gasteiger partial charge in [-0.05, 0) is 33.8 Å². The lowest BCUT2D eigenvalue weighted by Crippen LogP contribution is -2.70. The second-order valence-corrected chi connectivity index (χ2v) is 20.2. The van der Waals surface area contributed by atoms with Crippen LogP contribution < -0.4 is 20.7 Å². The van der Waals surface area contributed by atoms with Gasteiger partial charge in [-0.15, -0.1) is 24.7 Å². The largest absolute Gasteiger partial charge is 0.428 e. The van der Waals surface area contributed by atoms with Gasteiger partial charge in [0.1, 0.15) is 0 Å². The number of hydrogen-bond donors (Lipinski definition) is 0. The molecule has 0 radical (unpaired) electrons. The Labute approximate surface area is 224 Å². The molecule has 0 atom stereocenters. The highest BCUT2D eigenvalue weighted by molar-refractivity contribution is 7.06. The highest BCUT2D eigenvalue weighted by Crippen LogP contribution is 2.25. The van der Waals surface area contributed by atoms with Gasteiger partial charge in [-0.2, -0.15) is 0 Å². The van der Waals surface area contributed by atoms with Crippen molar-refractivity contribution in [1.82, 2.24) is 0 Å². The molecule has 4 rings (SSSR count). The number of benzene rings is 4. The summed E-state index contributed by atoms with van der Waals surface area (Å²) in [5.74, 6) is 5.92. The molecule has 0 unspecified atom stereocenters. The van der Waals surface area contributed by atoms with Gasteiger partial charge >= 0.3 is 8.56 Å². The molecular formula is C32H32O2Si3. The molecule has 0 fully saturated rings. The molecule has 0 aromatic heterocycles. The van der Waals surface area contributed by atoms with E-state index in [9.17, 15) is 0 Å². The molecular weight excluding hydrogens is 501 g/mol. The normalized spacial score (nSPS) is 11.9. The van der Waals surface area contributed by atoms with Crippen LogP contribution in [-0.2, 0) is 8.23 Å². The van der Waals surface area contributed by atoms with Crippen LogP contribution in [-0.4, -0.2) is 25.2 Å². The molecule has 2 nitrogen and oxygen atoms in total. The molecule has 0 aliphatic carbocycles. The molecule has 0 aliphatic rings. The molecule has 0 amide bonds. The SMILES string of the molecule is C#CC[Si](O[Si](C)(C)O[Si](CC#C)(c1ccccc1)c1ccccc1)(c1ccccc1)c1ccccc1. The number of hydrogen-bond acceptors (Lipinski definition) is 2. The Balaban J connectivity index is 1.87. The van der Waals surface area contributed by atoms with Crippen molar-refractivity contribution < 1.29 is 8.23 Å². The van der Waals surface area contributed by atoms with Crippen molar-refractivity contribution >= 4 is 45.9 Å². The number of terminal acetylenes is 2. The summed E-state index contributed by atoms with van der Waals surface area (Å²) in [6.45, 7) is 4.28. The van der Waals surface area contributed by atoms with Crippen LogP contribution in [0.2, 0.25) is 25.2 Å². The zero-order valence-electron chi connectivity index (χ0n) is 21.4. The summed E-state index contributed by atoms with van der Waals surface area (Å²) in [5, 5.41) is 4.58. The molecule has 0 N–H and O–H groups in total. The monoisotopic (exact) mass is 532 g/mol. The van der Waals surface area contributed by atoms with Crippen LogP contribution in [0.1, 0.15) is 0 Å². The lowest BCUT2D eigenvalue weighted by Gasteiger charge is -2.43. The predicted molar refractivity (Wildman–Crippen MR) is 163 cm³/mol. The van der Waals surface area contributed by atoms with E-state index in [0.29, 0.717) is 12.1 Å². The molecule has 0 saturated heterocycles. The lowest BCUT2D eigenvalue weighted by atomic mass is 10.4. The van der Waals surface area contributed by atoms with Crippen molar-refractivity contribution in [2.24, 2.45) is 0 Å². The minimum Gasteiger partial charge on any atom is -0.428 e. The zero-order valence-corrected chi connectivity index (χ0v) is 24.4. The topological polar surface area (TPSA) is 18.5 Å². The Kier molecular flexibility index (Phi) is 8.45. The minimum absolute atomic E-state index is 0.515. The minimum atomic E-state index is -2.85. The fraction of sp³-hybridized carbons (Fsp3) is 0.125. The van der Waals surface area contributed by atoms with E-state index in [1.54, 1.807) is 0 Å². The van der Waals surface area contributed by atoms with Crippen LogP contribution in [0.15, 0.2) is 121 Å². The Morgan fingerprint density at radius 3 is 0.946 bits per heavy atom. The molecule has 0 bridgehead atoms. The summed E-state index contributed by atoms with van der Waals surface area (Å²) >= 11 is 0. The summed E-state index contributed by atoms with van der Waals surface area (Å²) in [6, 6.07) is 42.7. The molecule has 4 aromatic carbocycles. The fourth-order valence-electron chi connectivity index (χ4n) is 5.03. The summed E-state index contributed by atoms with van der Waals surface area (Å²) < 4.78 is 14.7. The van der Waals surface area contributed by atoms with Gasteiger partial charge in [0.25, 0.3) is 16.6 Å². The Hall–Kier alpha value is -3.43. The predicted octanol–water partition coefficient (Wildman–Crippen LogP) is 4.51. The van der Waals surface area contributed by atoms with Crippen LogP contribution in [0, 0.1) is 24.7 Å². The first kappa shape index (κ1) is 26.6. The maximum Gasteiger partial charge on any atom is 0.312 e. The third-order valence-corrected chi connectivity index (χ3v) is 19.7. The summed E-state index contributed by atoms with van der Waals surface area (Å²) in [6.07, 6.45) is 12.1. The summed E-state index contributed by atoms with van der Waals surface area (Å²) in [5.41, 5.74) is 0. The van der Waals surface area contributed by atoms with Crippen molar-refractivity contribution in [3.63, 3.8) is 0 Å². The van der Waals surface area contributed by atoms with E-state index in [4.69, 9.17) is 21.1 Å². The third-order valence-electron chi connectivity index (χ3n) is 6.50. The highest BCUT2D eigenvalue weighted by atomic mass is 28.5. The van der Waals surface area contributed by atoms with E-state index in [0.717, 1.165) is 20.7 Å². The first-order valence-corrected chi connectivity index (χ1v) is 19.5. The van der Waals surface area contributed by atoms with Crippen LogP contribution in [0.5, 0.6) is 0 Å². The Bertz CT molecular complexity index is 1170. The van der Waals surface area contributed by atoms with E-state index < -0.39 is 25.2 Å². The molecule has 5 heteroatoms. The zero-order chi connectivity index (χ0) is 26.2. The maximum atomic E-state index is 7.36. The van der Waals surface area contributed by atoms with Crippen molar-refractivity contribution in [3.8, 4) is 24.7 Å². The Morgan fingerprint density at radius 1 is 0.486 bits per heavy atom. The van der Waals surface area contributed by atoms with Crippen LogP contribution in [0.25, 0.3) is 0 Å².